The molecular weight excluding hydrogens is 537 g/mol. The third-order valence-corrected chi connectivity index (χ3v) is 10.7. The van der Waals surface area contributed by atoms with E-state index >= 15 is 0 Å². The fraction of sp³-hybridized carbons (Fsp3) is 0.0476. The molecule has 1 heteroatoms. The Morgan fingerprint density at radius 3 is 1.93 bits per heavy atom. The topological polar surface area (TPSA) is 0 Å². The lowest BCUT2D eigenvalue weighted by atomic mass is 9.74. The van der Waals surface area contributed by atoms with Crippen LogP contribution in [0.5, 0.6) is 0 Å². The Bertz CT molecular complexity index is 2230. The van der Waals surface area contributed by atoms with Gasteiger partial charge in [-0.1, -0.05) is 145 Å². The lowest BCUT2D eigenvalue weighted by Crippen LogP contribution is -2.22. The normalized spacial score (nSPS) is 16.0. The second-order valence-electron chi connectivity index (χ2n) is 11.8. The Labute approximate surface area is 256 Å². The minimum Gasteiger partial charge on any atom is -0.0888 e. The van der Waals surface area contributed by atoms with Gasteiger partial charge in [0.25, 0.3) is 0 Å². The molecule has 0 nitrogen and oxygen atoms in total. The number of hydrogen-bond donors (Lipinski definition) is 0. The lowest BCUT2D eigenvalue weighted by Gasteiger charge is -2.28. The van der Waals surface area contributed by atoms with Gasteiger partial charge in [-0.3, -0.25) is 0 Å². The molecule has 0 aromatic heterocycles. The van der Waals surface area contributed by atoms with E-state index in [2.05, 4.69) is 159 Å². The van der Waals surface area contributed by atoms with Gasteiger partial charge in [0.05, 0.1) is 0 Å². The average Bonchev–Trinajstić information content (AvgIpc) is 3.34. The molecule has 0 radical (unpaired) electrons. The molecule has 9 rings (SSSR count). The molecule has 1 aliphatic heterocycles. The highest BCUT2D eigenvalue weighted by Gasteiger charge is 2.40. The van der Waals surface area contributed by atoms with Crippen LogP contribution in [-0.2, 0) is 5.41 Å². The summed E-state index contributed by atoms with van der Waals surface area (Å²) in [5.41, 5.74) is 14.3. The van der Waals surface area contributed by atoms with Crippen molar-refractivity contribution in [2.45, 2.75) is 22.1 Å². The number of rotatable bonds is 3. The van der Waals surface area contributed by atoms with E-state index in [-0.39, 0.29) is 5.41 Å². The Kier molecular flexibility index (Phi) is 5.36. The molecule has 0 saturated carbocycles. The van der Waals surface area contributed by atoms with E-state index in [9.17, 15) is 0 Å². The quantitative estimate of drug-likeness (QED) is 0.206. The van der Waals surface area contributed by atoms with Crippen molar-refractivity contribution >= 4 is 22.5 Å². The first kappa shape index (κ1) is 24.7. The molecule has 202 valence electrons. The Morgan fingerprint density at radius 1 is 0.419 bits per heavy atom. The Hall–Kier alpha value is -4.85. The number of hydrogen-bond acceptors (Lipinski definition) is 1. The van der Waals surface area contributed by atoms with E-state index in [1.807, 2.05) is 11.8 Å². The molecular formula is C42H28S. The molecule has 1 aliphatic carbocycles. The minimum atomic E-state index is -0.219. The van der Waals surface area contributed by atoms with Crippen LogP contribution >= 0.6 is 11.8 Å². The van der Waals surface area contributed by atoms with Gasteiger partial charge < -0.3 is 0 Å². The zero-order valence-corrected chi connectivity index (χ0v) is 24.7. The van der Waals surface area contributed by atoms with Crippen LogP contribution in [0.15, 0.2) is 161 Å². The molecule has 43 heavy (non-hydrogen) atoms. The average molecular weight is 565 g/mol. The van der Waals surface area contributed by atoms with Gasteiger partial charge in [-0.25, -0.2) is 0 Å². The van der Waals surface area contributed by atoms with Crippen molar-refractivity contribution < 1.29 is 0 Å². The zero-order chi connectivity index (χ0) is 28.5. The van der Waals surface area contributed by atoms with Crippen molar-refractivity contribution in [2.24, 2.45) is 0 Å². The van der Waals surface area contributed by atoms with Gasteiger partial charge in [0.2, 0.25) is 0 Å². The van der Waals surface area contributed by atoms with Crippen molar-refractivity contribution in [3.8, 4) is 44.5 Å². The van der Waals surface area contributed by atoms with Crippen LogP contribution in [0.2, 0.25) is 0 Å². The first-order valence-corrected chi connectivity index (χ1v) is 15.8. The molecule has 0 bridgehead atoms. The van der Waals surface area contributed by atoms with Crippen molar-refractivity contribution in [1.82, 2.24) is 0 Å². The number of benzene rings is 7. The molecule has 1 atom stereocenters. The van der Waals surface area contributed by atoms with Crippen LogP contribution in [-0.4, -0.2) is 0 Å². The summed E-state index contributed by atoms with van der Waals surface area (Å²) in [6.45, 7) is 2.39. The van der Waals surface area contributed by atoms with E-state index in [4.69, 9.17) is 0 Å². The molecule has 7 aromatic carbocycles. The van der Waals surface area contributed by atoms with Gasteiger partial charge in [-0.2, -0.15) is 0 Å². The predicted octanol–water partition coefficient (Wildman–Crippen LogP) is 11.6. The lowest BCUT2D eigenvalue weighted by molar-refractivity contribution is 0.714. The molecule has 0 fully saturated rings. The summed E-state index contributed by atoms with van der Waals surface area (Å²) in [4.78, 5) is 2.66. The van der Waals surface area contributed by atoms with Crippen LogP contribution < -0.4 is 0 Å². The highest BCUT2D eigenvalue weighted by molar-refractivity contribution is 7.99. The van der Waals surface area contributed by atoms with E-state index in [1.165, 1.54) is 81.8 Å². The molecule has 0 saturated heterocycles. The van der Waals surface area contributed by atoms with Crippen LogP contribution in [0.25, 0.3) is 55.3 Å². The number of fused-ring (bicyclic) bond motifs is 5. The van der Waals surface area contributed by atoms with Crippen molar-refractivity contribution in [3.63, 3.8) is 0 Å². The van der Waals surface area contributed by atoms with E-state index < -0.39 is 0 Å². The van der Waals surface area contributed by atoms with E-state index in [1.54, 1.807) is 0 Å². The Morgan fingerprint density at radius 2 is 1.07 bits per heavy atom. The molecule has 7 aromatic rings. The van der Waals surface area contributed by atoms with Crippen molar-refractivity contribution in [1.29, 1.82) is 0 Å². The highest BCUT2D eigenvalue weighted by atomic mass is 32.2. The standard InChI is InChI=1S/C42H28S/c1-42(28-12-3-2-4-13-28)37-20-9-7-16-32(37)33-23-22-27(26-38(33)42)29-14-5-6-15-30(29)31-24-25-40-41-35(31)18-11-19-36(41)34-17-8-10-21-39(34)43-40/h2-26H,1H3. The Balaban J connectivity index is 1.25. The van der Waals surface area contributed by atoms with Crippen LogP contribution in [0.4, 0.5) is 0 Å². The largest absolute Gasteiger partial charge is 0.0888 e. The molecule has 0 amide bonds. The fourth-order valence-corrected chi connectivity index (χ4v) is 8.66. The van der Waals surface area contributed by atoms with Gasteiger partial charge in [0.15, 0.2) is 0 Å². The van der Waals surface area contributed by atoms with Gasteiger partial charge in [-0.15, -0.1) is 0 Å². The SMILES string of the molecule is CC1(c2ccccc2)c2ccccc2-c2ccc(-c3ccccc3-c3ccc4c5c(cccc35)-c3ccccc3S4)cc21. The maximum Gasteiger partial charge on any atom is 0.0435 e. The van der Waals surface area contributed by atoms with Crippen LogP contribution in [0.1, 0.15) is 23.6 Å². The predicted molar refractivity (Wildman–Crippen MR) is 182 cm³/mol. The molecule has 1 unspecified atom stereocenters. The summed E-state index contributed by atoms with van der Waals surface area (Å²) in [6.07, 6.45) is 0. The second kappa shape index (κ2) is 9.33. The summed E-state index contributed by atoms with van der Waals surface area (Å²) < 4.78 is 0. The molecule has 1 heterocycles. The summed E-state index contributed by atoms with van der Waals surface area (Å²) in [5.74, 6) is 0. The van der Waals surface area contributed by atoms with E-state index in [0.29, 0.717) is 0 Å². The summed E-state index contributed by atoms with van der Waals surface area (Å²) in [7, 11) is 0. The monoisotopic (exact) mass is 564 g/mol. The maximum absolute atomic E-state index is 2.46. The van der Waals surface area contributed by atoms with E-state index in [0.717, 1.165) is 0 Å². The van der Waals surface area contributed by atoms with Crippen molar-refractivity contribution in [2.75, 3.05) is 0 Å². The maximum atomic E-state index is 2.46. The zero-order valence-electron chi connectivity index (χ0n) is 23.8. The fourth-order valence-electron chi connectivity index (χ4n) is 7.53. The smallest absolute Gasteiger partial charge is 0.0435 e. The molecule has 0 spiro atoms. The summed E-state index contributed by atoms with van der Waals surface area (Å²) in [5, 5.41) is 2.67. The van der Waals surface area contributed by atoms with Gasteiger partial charge in [-0.05, 0) is 91.7 Å². The highest BCUT2D eigenvalue weighted by Crippen LogP contribution is 2.54. The summed E-state index contributed by atoms with van der Waals surface area (Å²) >= 11 is 1.88. The van der Waals surface area contributed by atoms with Crippen LogP contribution in [0.3, 0.4) is 0 Å². The second-order valence-corrected chi connectivity index (χ2v) is 12.9. The van der Waals surface area contributed by atoms with Crippen molar-refractivity contribution in [3.05, 3.63) is 168 Å². The summed E-state index contributed by atoms with van der Waals surface area (Å²) in [6, 6.07) is 56.2. The van der Waals surface area contributed by atoms with Gasteiger partial charge in [0, 0.05) is 20.6 Å². The third-order valence-electron chi connectivity index (χ3n) is 9.59. The minimum absolute atomic E-state index is 0.219. The molecule has 0 N–H and O–H groups in total. The first-order valence-electron chi connectivity index (χ1n) is 14.9. The third kappa shape index (κ3) is 3.52. The first-order chi connectivity index (χ1) is 21.2. The van der Waals surface area contributed by atoms with Gasteiger partial charge in [0.1, 0.15) is 0 Å². The molecule has 2 aliphatic rings. The van der Waals surface area contributed by atoms with Gasteiger partial charge >= 0.3 is 0 Å². The van der Waals surface area contributed by atoms with Crippen LogP contribution in [0, 0.1) is 0 Å².